The molecule has 138 valence electrons. The molecule has 0 aliphatic heterocycles. The summed E-state index contributed by atoms with van der Waals surface area (Å²) in [5.74, 6) is 1.26. The number of ketones is 1. The number of aromatic nitrogens is 4. The first-order chi connectivity index (χ1) is 11.8. The number of hydrogen-bond acceptors (Lipinski definition) is 4. The van der Waals surface area contributed by atoms with Gasteiger partial charge in [0.2, 0.25) is 0 Å². The van der Waals surface area contributed by atoms with E-state index in [0.717, 1.165) is 25.1 Å². The van der Waals surface area contributed by atoms with Crippen LogP contribution in [-0.4, -0.2) is 26.4 Å². The van der Waals surface area contributed by atoms with E-state index in [4.69, 9.17) is 0 Å². The Morgan fingerprint density at radius 1 is 0.792 bits per heavy atom. The van der Waals surface area contributed by atoms with Crippen molar-refractivity contribution in [1.29, 1.82) is 0 Å². The van der Waals surface area contributed by atoms with Crippen LogP contribution in [0.4, 0.5) is 0 Å². The smallest absolute Gasteiger partial charge is 0.174 e. The highest BCUT2D eigenvalue weighted by atomic mass is 16.1. The standard InChI is InChI=1S/C19H36N4O/c1-2-18(24)16-14-12-10-8-6-4-3-5-7-9-11-13-15-17-19-20-22-23-21-19/h2-17H2,1H3,(H,20,21,22,23). The second-order valence-electron chi connectivity index (χ2n) is 6.82. The number of H-pyrrole nitrogens is 1. The Bertz CT molecular complexity index is 392. The first-order valence-electron chi connectivity index (χ1n) is 10.1. The van der Waals surface area contributed by atoms with Crippen molar-refractivity contribution in [2.75, 3.05) is 0 Å². The number of aromatic amines is 1. The van der Waals surface area contributed by atoms with E-state index in [1.165, 1.54) is 77.0 Å². The van der Waals surface area contributed by atoms with Gasteiger partial charge in [-0.15, -0.1) is 10.2 Å². The summed E-state index contributed by atoms with van der Waals surface area (Å²) in [6, 6.07) is 0. The molecule has 0 radical (unpaired) electrons. The van der Waals surface area contributed by atoms with E-state index < -0.39 is 0 Å². The van der Waals surface area contributed by atoms with Gasteiger partial charge in [0.1, 0.15) is 5.78 Å². The quantitative estimate of drug-likeness (QED) is 0.398. The van der Waals surface area contributed by atoms with E-state index in [-0.39, 0.29) is 0 Å². The number of carbonyl (C=O) groups excluding carboxylic acids is 1. The molecule has 0 aliphatic rings. The van der Waals surface area contributed by atoms with Gasteiger partial charge in [0.25, 0.3) is 0 Å². The van der Waals surface area contributed by atoms with Gasteiger partial charge in [-0.1, -0.05) is 82.8 Å². The van der Waals surface area contributed by atoms with Crippen LogP contribution in [0.3, 0.4) is 0 Å². The third-order valence-electron chi connectivity index (χ3n) is 4.64. The number of rotatable bonds is 17. The number of tetrazole rings is 1. The molecular formula is C19H36N4O. The minimum Gasteiger partial charge on any atom is -0.300 e. The molecule has 1 heterocycles. The van der Waals surface area contributed by atoms with Crippen LogP contribution < -0.4 is 0 Å². The van der Waals surface area contributed by atoms with E-state index in [9.17, 15) is 4.79 Å². The second-order valence-corrected chi connectivity index (χ2v) is 6.82. The molecule has 0 bridgehead atoms. The van der Waals surface area contributed by atoms with Crippen molar-refractivity contribution >= 4 is 5.78 Å². The monoisotopic (exact) mass is 336 g/mol. The van der Waals surface area contributed by atoms with Gasteiger partial charge in [0, 0.05) is 19.3 Å². The van der Waals surface area contributed by atoms with Gasteiger partial charge >= 0.3 is 0 Å². The largest absolute Gasteiger partial charge is 0.300 e. The van der Waals surface area contributed by atoms with Crippen LogP contribution in [-0.2, 0) is 11.2 Å². The zero-order chi connectivity index (χ0) is 17.3. The maximum absolute atomic E-state index is 11.2. The molecule has 0 spiro atoms. The molecule has 1 aromatic heterocycles. The molecule has 0 atom stereocenters. The minimum atomic E-state index is 0.421. The van der Waals surface area contributed by atoms with Crippen molar-refractivity contribution in [3.05, 3.63) is 5.82 Å². The van der Waals surface area contributed by atoms with Crippen LogP contribution in [0.15, 0.2) is 0 Å². The molecule has 0 fully saturated rings. The molecule has 24 heavy (non-hydrogen) atoms. The zero-order valence-corrected chi connectivity index (χ0v) is 15.6. The van der Waals surface area contributed by atoms with Crippen molar-refractivity contribution in [2.24, 2.45) is 0 Å². The lowest BCUT2D eigenvalue weighted by Gasteiger charge is -2.03. The predicted molar refractivity (Wildman–Crippen MR) is 97.8 cm³/mol. The summed E-state index contributed by atoms with van der Waals surface area (Å²) >= 11 is 0. The molecule has 5 nitrogen and oxygen atoms in total. The number of nitrogens with one attached hydrogen (secondary N) is 1. The van der Waals surface area contributed by atoms with Crippen molar-refractivity contribution < 1.29 is 4.79 Å². The lowest BCUT2D eigenvalue weighted by molar-refractivity contribution is -0.118. The second kappa shape index (κ2) is 15.3. The number of hydrogen-bond donors (Lipinski definition) is 1. The summed E-state index contributed by atoms with van der Waals surface area (Å²) in [7, 11) is 0. The van der Waals surface area contributed by atoms with Crippen LogP contribution >= 0.6 is 0 Å². The highest BCUT2D eigenvalue weighted by molar-refractivity contribution is 5.77. The van der Waals surface area contributed by atoms with E-state index in [0.29, 0.717) is 12.2 Å². The zero-order valence-electron chi connectivity index (χ0n) is 15.6. The van der Waals surface area contributed by atoms with Gasteiger partial charge < -0.3 is 0 Å². The maximum Gasteiger partial charge on any atom is 0.174 e. The van der Waals surface area contributed by atoms with Crippen LogP contribution in [0.1, 0.15) is 109 Å². The van der Waals surface area contributed by atoms with Gasteiger partial charge in [0.05, 0.1) is 0 Å². The third kappa shape index (κ3) is 12.2. The molecular weight excluding hydrogens is 300 g/mol. The fraction of sp³-hybridized carbons (Fsp3) is 0.895. The maximum atomic E-state index is 11.2. The Morgan fingerprint density at radius 3 is 1.75 bits per heavy atom. The third-order valence-corrected chi connectivity index (χ3v) is 4.64. The summed E-state index contributed by atoms with van der Waals surface area (Å²) in [4.78, 5) is 11.2. The predicted octanol–water partition coefficient (Wildman–Crippen LogP) is 5.18. The molecule has 1 rings (SSSR count). The number of carbonyl (C=O) groups is 1. The Morgan fingerprint density at radius 2 is 1.29 bits per heavy atom. The summed E-state index contributed by atoms with van der Waals surface area (Å²) < 4.78 is 0. The molecule has 1 aromatic rings. The van der Waals surface area contributed by atoms with Gasteiger partial charge in [-0.05, 0) is 12.8 Å². The highest BCUT2D eigenvalue weighted by Crippen LogP contribution is 2.13. The summed E-state index contributed by atoms with van der Waals surface area (Å²) in [5.41, 5.74) is 0. The van der Waals surface area contributed by atoms with Crippen molar-refractivity contribution in [1.82, 2.24) is 20.6 Å². The first-order valence-corrected chi connectivity index (χ1v) is 10.1. The van der Waals surface area contributed by atoms with Gasteiger partial charge in [-0.2, -0.15) is 5.21 Å². The molecule has 0 amide bonds. The molecule has 1 N–H and O–H groups in total. The van der Waals surface area contributed by atoms with Crippen LogP contribution in [0, 0.1) is 0 Å². The molecule has 0 saturated heterocycles. The number of unbranched alkanes of at least 4 members (excludes halogenated alkanes) is 12. The molecule has 0 saturated carbocycles. The minimum absolute atomic E-state index is 0.421. The Hall–Kier alpha value is -1.26. The molecule has 5 heteroatoms. The van der Waals surface area contributed by atoms with Gasteiger partial charge in [-0.3, -0.25) is 4.79 Å². The lowest BCUT2D eigenvalue weighted by Crippen LogP contribution is -1.94. The molecule has 0 unspecified atom stereocenters. The van der Waals surface area contributed by atoms with E-state index >= 15 is 0 Å². The lowest BCUT2D eigenvalue weighted by atomic mass is 10.0. The Balaban J connectivity index is 1.69. The van der Waals surface area contributed by atoms with Crippen molar-refractivity contribution in [2.45, 2.75) is 110 Å². The SMILES string of the molecule is CCC(=O)CCCCCCCCCCCCCCCc1nn[nH]n1. The van der Waals surface area contributed by atoms with Crippen LogP contribution in [0.5, 0.6) is 0 Å². The Labute approximate surface area is 147 Å². The average Bonchev–Trinajstić information content (AvgIpc) is 3.11. The number of nitrogens with zero attached hydrogens (tertiary/aromatic N) is 3. The van der Waals surface area contributed by atoms with Crippen molar-refractivity contribution in [3.63, 3.8) is 0 Å². The fourth-order valence-electron chi connectivity index (χ4n) is 3.02. The fourth-order valence-corrected chi connectivity index (χ4v) is 3.02. The first kappa shape index (κ1) is 20.8. The topological polar surface area (TPSA) is 71.5 Å². The Kier molecular flexibility index (Phi) is 13.2. The summed E-state index contributed by atoms with van der Waals surface area (Å²) in [5, 5.41) is 14.0. The number of Topliss-reactive ketones (excluding diaryl/α,β-unsaturated/α-hetero) is 1. The van der Waals surface area contributed by atoms with Crippen molar-refractivity contribution in [3.8, 4) is 0 Å². The van der Waals surface area contributed by atoms with Crippen LogP contribution in [0.2, 0.25) is 0 Å². The average molecular weight is 337 g/mol. The summed E-state index contributed by atoms with van der Waals surface area (Å²) in [6.07, 6.45) is 19.5. The summed E-state index contributed by atoms with van der Waals surface area (Å²) in [6.45, 7) is 1.96. The van der Waals surface area contributed by atoms with Crippen LogP contribution in [0.25, 0.3) is 0 Å². The normalized spacial score (nSPS) is 11.0. The van der Waals surface area contributed by atoms with E-state index in [1.54, 1.807) is 0 Å². The van der Waals surface area contributed by atoms with E-state index in [2.05, 4.69) is 20.6 Å². The highest BCUT2D eigenvalue weighted by Gasteiger charge is 1.99. The number of aryl methyl sites for hydroxylation is 1. The molecule has 0 aromatic carbocycles. The van der Waals surface area contributed by atoms with Gasteiger partial charge in [0.15, 0.2) is 5.82 Å². The molecule has 0 aliphatic carbocycles. The van der Waals surface area contributed by atoms with E-state index in [1.807, 2.05) is 6.92 Å². The van der Waals surface area contributed by atoms with Gasteiger partial charge in [-0.25, -0.2) is 0 Å².